The molecule has 1 aromatic carbocycles. The highest BCUT2D eigenvalue weighted by molar-refractivity contribution is 7.12. The van der Waals surface area contributed by atoms with Crippen LogP contribution in [0.4, 0.5) is 0 Å². The Morgan fingerprint density at radius 1 is 1.24 bits per heavy atom. The molecule has 0 saturated heterocycles. The highest BCUT2D eigenvalue weighted by atomic mass is 32.1. The topological polar surface area (TPSA) is 107 Å². The Morgan fingerprint density at radius 3 is 2.70 bits per heavy atom. The lowest BCUT2D eigenvalue weighted by Crippen LogP contribution is -2.17. The molecule has 2 atom stereocenters. The predicted octanol–water partition coefficient (Wildman–Crippen LogP) is 5.11. The molecular weight excluding hydrogens is 490 g/mol. The molecule has 2 unspecified atom stereocenters. The smallest absolute Gasteiger partial charge is 0.360 e. The molecule has 5 rings (SSSR count). The Labute approximate surface area is 218 Å². The molecule has 0 spiro atoms. The van der Waals surface area contributed by atoms with E-state index < -0.39 is 11.6 Å². The van der Waals surface area contributed by atoms with E-state index in [-0.39, 0.29) is 29.2 Å². The van der Waals surface area contributed by atoms with Gasteiger partial charge in [-0.25, -0.2) is 14.3 Å². The lowest BCUT2D eigenvalue weighted by Gasteiger charge is -2.18. The van der Waals surface area contributed by atoms with Crippen molar-refractivity contribution in [1.29, 1.82) is 0 Å². The van der Waals surface area contributed by atoms with Gasteiger partial charge < -0.3 is 14.3 Å². The van der Waals surface area contributed by atoms with E-state index in [1.165, 1.54) is 7.11 Å². The predicted molar refractivity (Wildman–Crippen MR) is 139 cm³/mol. The number of ether oxygens (including phenoxy) is 1. The maximum absolute atomic E-state index is 13.3. The first-order valence-corrected chi connectivity index (χ1v) is 13.3. The van der Waals surface area contributed by atoms with Crippen LogP contribution in [0.15, 0.2) is 63.9 Å². The number of carbonyl (C=O) groups excluding carboxylic acids is 1. The van der Waals surface area contributed by atoms with Gasteiger partial charge in [0.2, 0.25) is 0 Å². The number of methoxy groups -OCH3 is 1. The number of hydrogen-bond acceptors (Lipinski definition) is 8. The van der Waals surface area contributed by atoms with Crippen LogP contribution in [0, 0.1) is 5.92 Å². The van der Waals surface area contributed by atoms with Crippen molar-refractivity contribution in [1.82, 2.24) is 15.0 Å². The van der Waals surface area contributed by atoms with Gasteiger partial charge in [0.05, 0.1) is 25.4 Å². The summed E-state index contributed by atoms with van der Waals surface area (Å²) in [5.74, 6) is 0.0524. The summed E-state index contributed by atoms with van der Waals surface area (Å²) in [5, 5.41) is 18.9. The largest absolute Gasteiger partial charge is 0.507 e. The van der Waals surface area contributed by atoms with E-state index in [1.807, 2.05) is 30.3 Å². The number of rotatable bonds is 10. The van der Waals surface area contributed by atoms with Crippen molar-refractivity contribution in [2.75, 3.05) is 7.11 Å². The average Bonchev–Trinajstić information content (AvgIpc) is 3.45. The van der Waals surface area contributed by atoms with Crippen LogP contribution in [0.5, 0.6) is 5.75 Å². The number of nitrogens with zero attached hydrogens (tertiary/aromatic N) is 3. The summed E-state index contributed by atoms with van der Waals surface area (Å²) < 4.78 is 12.1. The van der Waals surface area contributed by atoms with Crippen LogP contribution in [0.2, 0.25) is 0 Å². The fourth-order valence-corrected chi connectivity index (χ4v) is 5.97. The Morgan fingerprint density at radius 2 is 2.03 bits per heavy atom. The quantitative estimate of drug-likeness (QED) is 0.290. The molecule has 9 heteroatoms. The highest BCUT2D eigenvalue weighted by Gasteiger charge is 2.38. The first-order valence-electron chi connectivity index (χ1n) is 12.4. The Bertz CT molecular complexity index is 1440. The molecule has 1 N–H and O–H groups in total. The third-order valence-corrected chi connectivity index (χ3v) is 8.00. The second-order valence-corrected chi connectivity index (χ2v) is 10.6. The van der Waals surface area contributed by atoms with E-state index in [1.54, 1.807) is 28.3 Å². The van der Waals surface area contributed by atoms with E-state index in [9.17, 15) is 14.7 Å². The van der Waals surface area contributed by atoms with E-state index >= 15 is 0 Å². The van der Waals surface area contributed by atoms with Gasteiger partial charge in [0, 0.05) is 27.7 Å². The zero-order chi connectivity index (χ0) is 25.9. The number of carbonyl (C=O) groups is 1. The molecule has 192 valence electrons. The molecular formula is C28H29N3O5S. The van der Waals surface area contributed by atoms with Crippen LogP contribution in [0.1, 0.15) is 75.2 Å². The fourth-order valence-electron chi connectivity index (χ4n) is 4.76. The molecule has 0 bridgehead atoms. The van der Waals surface area contributed by atoms with Gasteiger partial charge in [-0.3, -0.25) is 0 Å². The van der Waals surface area contributed by atoms with Gasteiger partial charge in [0.1, 0.15) is 11.5 Å². The second kappa shape index (κ2) is 10.7. The van der Waals surface area contributed by atoms with Crippen molar-refractivity contribution in [3.05, 3.63) is 97.5 Å². The van der Waals surface area contributed by atoms with E-state index in [4.69, 9.17) is 4.42 Å². The minimum atomic E-state index is -0.536. The van der Waals surface area contributed by atoms with E-state index in [2.05, 4.69) is 34.1 Å². The Kier molecular flexibility index (Phi) is 7.23. The molecule has 8 nitrogen and oxygen atoms in total. The minimum Gasteiger partial charge on any atom is -0.507 e. The van der Waals surface area contributed by atoms with Gasteiger partial charge in [-0.2, -0.15) is 0 Å². The van der Waals surface area contributed by atoms with Crippen LogP contribution >= 0.6 is 11.3 Å². The zero-order valence-corrected chi connectivity index (χ0v) is 21.6. The molecule has 1 aliphatic rings. The van der Waals surface area contributed by atoms with Crippen LogP contribution in [-0.2, 0) is 17.7 Å². The number of thiophene rings is 1. The maximum atomic E-state index is 13.3. The molecule has 0 aliphatic heterocycles. The highest BCUT2D eigenvalue weighted by Crippen LogP contribution is 2.49. The average molecular weight is 520 g/mol. The Hall–Kier alpha value is -3.72. The number of esters is 1. The van der Waals surface area contributed by atoms with Crippen molar-refractivity contribution >= 4 is 17.3 Å². The van der Waals surface area contributed by atoms with Gasteiger partial charge >= 0.3 is 11.6 Å². The summed E-state index contributed by atoms with van der Waals surface area (Å²) >= 11 is 1.56. The lowest BCUT2D eigenvalue weighted by molar-refractivity contribution is 0.0594. The summed E-state index contributed by atoms with van der Waals surface area (Å²) in [6, 6.07) is 15.7. The maximum Gasteiger partial charge on any atom is 0.360 e. The van der Waals surface area contributed by atoms with Gasteiger partial charge in [-0.1, -0.05) is 42.5 Å². The van der Waals surface area contributed by atoms with E-state index in [0.717, 1.165) is 41.0 Å². The standard InChI is InChI=1S/C28H29N3O5S/c1-3-18(13-17-7-5-4-6-8-17)23-14-22(32)26(28(34)36-23)25(19-9-10-19)24-12-11-20(37-24)15-31-16-21(29-30-31)27(33)35-2/h4-8,11-12,14,16,18-19,25,32H,3,9-10,13,15H2,1-2H3. The molecule has 3 heterocycles. The van der Waals surface area contributed by atoms with Crippen LogP contribution < -0.4 is 5.63 Å². The minimum absolute atomic E-state index is 0.000302. The SMILES string of the molecule is CCC(Cc1ccccc1)c1cc(O)c(C(c2ccc(Cn3cc(C(=O)OC)nn3)s2)C2CC2)c(=O)o1. The molecule has 1 aliphatic carbocycles. The first-order chi connectivity index (χ1) is 18.0. The normalized spacial score (nSPS) is 14.9. The number of aromatic hydroxyl groups is 1. The van der Waals surface area contributed by atoms with Crippen LogP contribution in [0.3, 0.4) is 0 Å². The van der Waals surface area contributed by atoms with Crippen molar-refractivity contribution < 1.29 is 19.1 Å². The molecule has 37 heavy (non-hydrogen) atoms. The summed E-state index contributed by atoms with van der Waals surface area (Å²) in [6.07, 6.45) is 5.06. The molecule has 0 radical (unpaired) electrons. The van der Waals surface area contributed by atoms with Crippen molar-refractivity contribution in [3.63, 3.8) is 0 Å². The number of aromatic nitrogens is 3. The molecule has 3 aromatic heterocycles. The zero-order valence-electron chi connectivity index (χ0n) is 20.8. The van der Waals surface area contributed by atoms with Crippen molar-refractivity contribution in [2.24, 2.45) is 5.92 Å². The van der Waals surface area contributed by atoms with Crippen LogP contribution in [0.25, 0.3) is 0 Å². The summed E-state index contributed by atoms with van der Waals surface area (Å²) in [4.78, 5) is 26.9. The van der Waals surface area contributed by atoms with Gasteiger partial charge in [0.25, 0.3) is 0 Å². The third kappa shape index (κ3) is 5.51. The van der Waals surface area contributed by atoms with Gasteiger partial charge in [0.15, 0.2) is 5.69 Å². The molecule has 4 aromatic rings. The first kappa shape index (κ1) is 25.0. The second-order valence-electron chi connectivity index (χ2n) is 9.44. The molecule has 0 amide bonds. The summed E-state index contributed by atoms with van der Waals surface area (Å²) in [5.41, 5.74) is 1.18. The molecule has 1 fully saturated rings. The fraction of sp³-hybridized carbons (Fsp3) is 0.357. The lowest BCUT2D eigenvalue weighted by atomic mass is 9.90. The monoisotopic (exact) mass is 519 g/mol. The number of hydrogen-bond donors (Lipinski definition) is 1. The summed E-state index contributed by atoms with van der Waals surface area (Å²) in [6.45, 7) is 2.49. The third-order valence-electron chi connectivity index (χ3n) is 6.85. The van der Waals surface area contributed by atoms with Crippen molar-refractivity contribution in [3.8, 4) is 5.75 Å². The van der Waals surface area contributed by atoms with Gasteiger partial charge in [-0.15, -0.1) is 16.4 Å². The molecule has 1 saturated carbocycles. The van der Waals surface area contributed by atoms with Gasteiger partial charge in [-0.05, 0) is 49.3 Å². The Balaban J connectivity index is 1.39. The summed E-state index contributed by atoms with van der Waals surface area (Å²) in [7, 11) is 1.30. The number of benzene rings is 1. The van der Waals surface area contributed by atoms with E-state index in [0.29, 0.717) is 17.9 Å². The van der Waals surface area contributed by atoms with Crippen LogP contribution in [-0.4, -0.2) is 33.2 Å². The van der Waals surface area contributed by atoms with Crippen molar-refractivity contribution in [2.45, 2.75) is 51.0 Å².